The number of rotatable bonds is 4. The average Bonchev–Trinajstić information content (AvgIpc) is 2.95. The van der Waals surface area contributed by atoms with Crippen molar-refractivity contribution in [2.75, 3.05) is 0 Å². The van der Waals surface area contributed by atoms with Crippen LogP contribution >= 0.6 is 0 Å². The zero-order chi connectivity index (χ0) is 13.1. The third-order valence-electron chi connectivity index (χ3n) is 3.09. The fourth-order valence-corrected chi connectivity index (χ4v) is 2.13. The fraction of sp³-hybridized carbons (Fsp3) is 0.214. The van der Waals surface area contributed by atoms with Crippen LogP contribution in [-0.4, -0.2) is 19.3 Å². The van der Waals surface area contributed by atoms with Crippen molar-refractivity contribution in [3.05, 3.63) is 59.4 Å². The molecule has 0 bridgehead atoms. The first kappa shape index (κ1) is 11.6. The molecule has 0 spiro atoms. The minimum Gasteiger partial charge on any atom is -0.315 e. The molecule has 19 heavy (non-hydrogen) atoms. The summed E-state index contributed by atoms with van der Waals surface area (Å²) in [5.41, 5.74) is 0.766. The Labute approximate surface area is 110 Å². The molecule has 0 atom stereocenters. The summed E-state index contributed by atoms with van der Waals surface area (Å²) in [6.45, 7) is 1.49. The molecule has 0 aliphatic rings. The van der Waals surface area contributed by atoms with Crippen molar-refractivity contribution in [1.82, 2.24) is 19.3 Å². The van der Waals surface area contributed by atoms with Gasteiger partial charge in [0, 0.05) is 37.9 Å². The van der Waals surface area contributed by atoms with E-state index in [2.05, 4.69) is 10.1 Å². The Morgan fingerprint density at radius 1 is 1.05 bits per heavy atom. The molecule has 0 aliphatic carbocycles. The van der Waals surface area contributed by atoms with Crippen molar-refractivity contribution < 1.29 is 0 Å². The summed E-state index contributed by atoms with van der Waals surface area (Å²) in [4.78, 5) is 16.4. The molecule has 3 rings (SSSR count). The van der Waals surface area contributed by atoms with E-state index in [4.69, 9.17) is 0 Å². The number of aryl methyl sites for hydroxylation is 2. The molecular formula is C14H14N4O. The maximum Gasteiger partial charge on any atom is 0.259 e. The molecule has 0 radical (unpaired) electrons. The van der Waals surface area contributed by atoms with Crippen molar-refractivity contribution in [3.63, 3.8) is 0 Å². The normalized spacial score (nSPS) is 10.9. The van der Waals surface area contributed by atoms with Gasteiger partial charge in [-0.15, -0.1) is 0 Å². The van der Waals surface area contributed by atoms with Crippen LogP contribution in [0.3, 0.4) is 0 Å². The second-order valence-electron chi connectivity index (χ2n) is 4.37. The molecule has 0 unspecified atom stereocenters. The van der Waals surface area contributed by atoms with Crippen LogP contribution in [-0.2, 0) is 13.1 Å². The van der Waals surface area contributed by atoms with Gasteiger partial charge in [0.15, 0.2) is 0 Å². The zero-order valence-electron chi connectivity index (χ0n) is 10.4. The zero-order valence-corrected chi connectivity index (χ0v) is 10.4. The highest BCUT2D eigenvalue weighted by Crippen LogP contribution is 2.05. The number of hydrogen-bond acceptors (Lipinski definition) is 3. The maximum atomic E-state index is 12.2. The molecular weight excluding hydrogens is 240 g/mol. The standard InChI is InChI=1S/C14H14N4O/c19-14-12-4-1-6-15-13(12)5-11-17(14)8-3-10-18-9-2-7-16-18/h1-2,4-7,9,11H,3,8,10H2. The Morgan fingerprint density at radius 3 is 2.84 bits per heavy atom. The molecule has 0 aliphatic heterocycles. The molecule has 3 heterocycles. The molecule has 0 amide bonds. The Bertz CT molecular complexity index is 731. The van der Waals surface area contributed by atoms with Crippen molar-refractivity contribution in [2.45, 2.75) is 19.5 Å². The van der Waals surface area contributed by atoms with Crippen molar-refractivity contribution >= 4 is 10.9 Å². The fourth-order valence-electron chi connectivity index (χ4n) is 2.13. The first-order valence-corrected chi connectivity index (χ1v) is 6.26. The van der Waals surface area contributed by atoms with E-state index in [1.54, 1.807) is 29.2 Å². The van der Waals surface area contributed by atoms with Crippen molar-refractivity contribution in [3.8, 4) is 0 Å². The highest BCUT2D eigenvalue weighted by Gasteiger charge is 2.02. The predicted octanol–water partition coefficient (Wildman–Crippen LogP) is 1.68. The van der Waals surface area contributed by atoms with Crippen molar-refractivity contribution in [2.24, 2.45) is 0 Å². The number of fused-ring (bicyclic) bond motifs is 1. The van der Waals surface area contributed by atoms with E-state index in [1.165, 1.54) is 0 Å². The van der Waals surface area contributed by atoms with Crippen LogP contribution in [0.1, 0.15) is 6.42 Å². The number of hydrogen-bond donors (Lipinski definition) is 0. The van der Waals surface area contributed by atoms with Gasteiger partial charge in [0.2, 0.25) is 0 Å². The minimum atomic E-state index is 0.0195. The van der Waals surface area contributed by atoms with Crippen LogP contribution in [0, 0.1) is 0 Å². The van der Waals surface area contributed by atoms with Gasteiger partial charge in [-0.25, -0.2) is 0 Å². The van der Waals surface area contributed by atoms with Gasteiger partial charge in [-0.05, 0) is 30.7 Å². The Balaban J connectivity index is 1.78. The topological polar surface area (TPSA) is 52.7 Å². The van der Waals surface area contributed by atoms with Gasteiger partial charge in [0.1, 0.15) is 0 Å². The summed E-state index contributed by atoms with van der Waals surface area (Å²) >= 11 is 0. The van der Waals surface area contributed by atoms with E-state index in [0.29, 0.717) is 11.9 Å². The Hall–Kier alpha value is -2.43. The number of aromatic nitrogens is 4. The van der Waals surface area contributed by atoms with E-state index >= 15 is 0 Å². The predicted molar refractivity (Wildman–Crippen MR) is 72.8 cm³/mol. The van der Waals surface area contributed by atoms with Crippen LogP contribution in [0.25, 0.3) is 10.9 Å². The lowest BCUT2D eigenvalue weighted by Gasteiger charge is -2.07. The molecule has 96 valence electrons. The second kappa shape index (κ2) is 5.06. The molecule has 3 aromatic heterocycles. The quantitative estimate of drug-likeness (QED) is 0.712. The van der Waals surface area contributed by atoms with Gasteiger partial charge in [-0.3, -0.25) is 14.5 Å². The molecule has 0 aromatic carbocycles. The van der Waals surface area contributed by atoms with Crippen molar-refractivity contribution in [1.29, 1.82) is 0 Å². The van der Waals surface area contributed by atoms with Gasteiger partial charge in [-0.1, -0.05) is 0 Å². The lowest BCUT2D eigenvalue weighted by molar-refractivity contribution is 0.521. The highest BCUT2D eigenvalue weighted by molar-refractivity contribution is 5.76. The largest absolute Gasteiger partial charge is 0.315 e. The van der Waals surface area contributed by atoms with Crippen LogP contribution in [0.2, 0.25) is 0 Å². The van der Waals surface area contributed by atoms with Crippen LogP contribution in [0.15, 0.2) is 53.8 Å². The van der Waals surface area contributed by atoms with E-state index < -0.39 is 0 Å². The van der Waals surface area contributed by atoms with Gasteiger partial charge in [0.05, 0.1) is 10.9 Å². The lowest BCUT2D eigenvalue weighted by atomic mass is 10.2. The van der Waals surface area contributed by atoms with Gasteiger partial charge in [-0.2, -0.15) is 5.10 Å². The monoisotopic (exact) mass is 254 g/mol. The first-order chi connectivity index (χ1) is 9.34. The summed E-state index contributed by atoms with van der Waals surface area (Å²) in [7, 11) is 0. The molecule has 0 fully saturated rings. The molecule has 5 heteroatoms. The summed E-state index contributed by atoms with van der Waals surface area (Å²) in [5, 5.41) is 4.81. The highest BCUT2D eigenvalue weighted by atomic mass is 16.1. The van der Waals surface area contributed by atoms with E-state index in [1.807, 2.05) is 29.1 Å². The average molecular weight is 254 g/mol. The summed E-state index contributed by atoms with van der Waals surface area (Å²) < 4.78 is 3.60. The first-order valence-electron chi connectivity index (χ1n) is 6.26. The molecule has 3 aromatic rings. The third kappa shape index (κ3) is 2.40. The third-order valence-corrected chi connectivity index (χ3v) is 3.09. The SMILES string of the molecule is O=c1c2cccnc2ccn1CCCn1cccn1. The van der Waals surface area contributed by atoms with Gasteiger partial charge < -0.3 is 4.57 Å². The molecule has 0 N–H and O–H groups in total. The lowest BCUT2D eigenvalue weighted by Crippen LogP contribution is -2.20. The molecule has 0 saturated heterocycles. The second-order valence-corrected chi connectivity index (χ2v) is 4.37. The Morgan fingerprint density at radius 2 is 2.00 bits per heavy atom. The van der Waals surface area contributed by atoms with Crippen LogP contribution in [0.4, 0.5) is 0 Å². The van der Waals surface area contributed by atoms with E-state index in [9.17, 15) is 4.79 Å². The minimum absolute atomic E-state index is 0.0195. The Kier molecular flexibility index (Phi) is 3.10. The van der Waals surface area contributed by atoms with E-state index in [-0.39, 0.29) is 5.56 Å². The summed E-state index contributed by atoms with van der Waals surface area (Å²) in [5.74, 6) is 0. The van der Waals surface area contributed by atoms with E-state index in [0.717, 1.165) is 18.5 Å². The molecule has 0 saturated carbocycles. The van der Waals surface area contributed by atoms with Gasteiger partial charge in [0.25, 0.3) is 5.56 Å². The smallest absolute Gasteiger partial charge is 0.259 e. The number of nitrogens with zero attached hydrogens (tertiary/aromatic N) is 4. The number of pyridine rings is 2. The van der Waals surface area contributed by atoms with Gasteiger partial charge >= 0.3 is 0 Å². The summed E-state index contributed by atoms with van der Waals surface area (Å²) in [6.07, 6.45) is 8.05. The van der Waals surface area contributed by atoms with Crippen LogP contribution < -0.4 is 5.56 Å². The van der Waals surface area contributed by atoms with Crippen LogP contribution in [0.5, 0.6) is 0 Å². The maximum absolute atomic E-state index is 12.2. The molecule has 5 nitrogen and oxygen atoms in total. The summed E-state index contributed by atoms with van der Waals surface area (Å²) in [6, 6.07) is 7.38.